The summed E-state index contributed by atoms with van der Waals surface area (Å²) >= 11 is 0.881. The highest BCUT2D eigenvalue weighted by molar-refractivity contribution is 7.89. The van der Waals surface area contributed by atoms with Gasteiger partial charge in [-0.25, -0.2) is 17.5 Å². The smallest absolute Gasteiger partial charge is 0.347 e. The first kappa shape index (κ1) is 18.9. The second-order valence-electron chi connectivity index (χ2n) is 6.95. The van der Waals surface area contributed by atoms with Crippen molar-refractivity contribution in [3.05, 3.63) is 16.3 Å². The Hall–Kier alpha value is -1.45. The summed E-state index contributed by atoms with van der Waals surface area (Å²) in [6.45, 7) is 6.50. The Balaban J connectivity index is 2.15. The number of carbonyl (C=O) groups excluding carboxylic acids is 1. The second-order valence-corrected chi connectivity index (χ2v) is 9.88. The Morgan fingerprint density at radius 1 is 1.46 bits per heavy atom. The molecule has 1 aromatic heterocycles. The fraction of sp³-hybridized carbons (Fsp3) is 0.600. The number of rotatable bonds is 5. The molecule has 1 unspecified atom stereocenters. The highest BCUT2D eigenvalue weighted by atomic mass is 32.2. The quantitative estimate of drug-likeness (QED) is 0.847. The molecule has 1 aliphatic heterocycles. The largest absolute Gasteiger partial charge is 0.477 e. The lowest BCUT2D eigenvalue weighted by Gasteiger charge is -2.32. The van der Waals surface area contributed by atoms with E-state index in [1.54, 1.807) is 4.90 Å². The Bertz CT molecular complexity index is 748. The Kier molecular flexibility index (Phi) is 5.08. The molecule has 1 aliphatic rings. The summed E-state index contributed by atoms with van der Waals surface area (Å²) in [5.74, 6) is -1.35. The molecule has 1 amide bonds. The molecule has 2 heterocycles. The minimum atomic E-state index is -3.90. The van der Waals surface area contributed by atoms with E-state index < -0.39 is 16.0 Å². The molecule has 7 nitrogen and oxygen atoms in total. The molecule has 1 saturated heterocycles. The number of thiophene rings is 1. The third kappa shape index (κ3) is 3.62. The van der Waals surface area contributed by atoms with Gasteiger partial charge >= 0.3 is 5.97 Å². The number of aromatic carboxylic acids is 1. The monoisotopic (exact) mass is 374 g/mol. The number of hydrogen-bond donors (Lipinski definition) is 1. The number of carbonyl (C=O) groups is 2. The zero-order valence-electron chi connectivity index (χ0n) is 14.1. The van der Waals surface area contributed by atoms with E-state index in [1.807, 2.05) is 20.8 Å². The molecule has 2 rings (SSSR count). The van der Waals surface area contributed by atoms with E-state index in [1.165, 1.54) is 18.5 Å². The van der Waals surface area contributed by atoms with Crippen LogP contribution in [0.1, 0.15) is 36.9 Å². The van der Waals surface area contributed by atoms with Gasteiger partial charge in [-0.15, -0.1) is 11.3 Å². The van der Waals surface area contributed by atoms with Gasteiger partial charge in [0.05, 0.1) is 0 Å². The van der Waals surface area contributed by atoms with Crippen LogP contribution in [0.4, 0.5) is 0 Å². The van der Waals surface area contributed by atoms with Crippen LogP contribution in [0.25, 0.3) is 0 Å². The molecule has 1 fully saturated rings. The Morgan fingerprint density at radius 3 is 2.58 bits per heavy atom. The van der Waals surface area contributed by atoms with Crippen molar-refractivity contribution in [2.45, 2.75) is 37.6 Å². The number of hydrogen-bond acceptors (Lipinski definition) is 5. The van der Waals surface area contributed by atoms with Crippen LogP contribution in [0, 0.1) is 5.92 Å². The Morgan fingerprint density at radius 2 is 2.08 bits per heavy atom. The summed E-state index contributed by atoms with van der Waals surface area (Å²) in [4.78, 5) is 24.7. The first-order valence-electron chi connectivity index (χ1n) is 7.52. The summed E-state index contributed by atoms with van der Waals surface area (Å²) in [5, 5.41) is 10.6. The maximum Gasteiger partial charge on any atom is 0.347 e. The Labute approximate surface area is 145 Å². The molecular weight excluding hydrogens is 352 g/mol. The molecule has 1 aromatic rings. The van der Waals surface area contributed by atoms with E-state index in [0.717, 1.165) is 15.6 Å². The lowest BCUT2D eigenvalue weighted by atomic mass is 10.1. The van der Waals surface area contributed by atoms with Crippen LogP contribution in [0.15, 0.2) is 16.3 Å². The second kappa shape index (κ2) is 6.45. The minimum Gasteiger partial charge on any atom is -0.477 e. The molecule has 1 N–H and O–H groups in total. The van der Waals surface area contributed by atoms with Crippen molar-refractivity contribution in [1.82, 2.24) is 9.21 Å². The molecule has 9 heteroatoms. The highest BCUT2D eigenvalue weighted by Crippen LogP contribution is 2.29. The molecule has 0 saturated carbocycles. The minimum absolute atomic E-state index is 0.0139. The molecule has 24 heavy (non-hydrogen) atoms. The first-order valence-corrected chi connectivity index (χ1v) is 9.84. The summed E-state index contributed by atoms with van der Waals surface area (Å²) in [7, 11) is -2.48. The molecule has 0 bridgehead atoms. The van der Waals surface area contributed by atoms with Crippen molar-refractivity contribution in [2.75, 3.05) is 20.1 Å². The molecule has 0 spiro atoms. The predicted octanol–water partition coefficient (Wildman–Crippen LogP) is 1.71. The SMILES string of the molecule is CN(CC1CC(=O)N(C(C)(C)C)C1)S(=O)(=O)c1ccsc1C(=O)O. The fourth-order valence-electron chi connectivity index (χ4n) is 2.84. The standard InChI is InChI=1S/C15H22N2O5S2/c1-15(2,3)17-9-10(7-12(17)18)8-16(4)24(21,22)11-5-6-23-13(11)14(19)20/h5-6,10H,7-9H2,1-4H3,(H,19,20). The van der Waals surface area contributed by atoms with Crippen LogP contribution in [0.5, 0.6) is 0 Å². The van der Waals surface area contributed by atoms with Crippen LogP contribution >= 0.6 is 11.3 Å². The van der Waals surface area contributed by atoms with Gasteiger partial charge in [-0.3, -0.25) is 4.79 Å². The predicted molar refractivity (Wildman–Crippen MR) is 90.7 cm³/mol. The van der Waals surface area contributed by atoms with Gasteiger partial charge in [0.15, 0.2) is 0 Å². The first-order chi connectivity index (χ1) is 10.9. The van der Waals surface area contributed by atoms with Gasteiger partial charge in [-0.05, 0) is 38.1 Å². The van der Waals surface area contributed by atoms with Crippen molar-refractivity contribution >= 4 is 33.2 Å². The zero-order chi connectivity index (χ0) is 18.3. The van der Waals surface area contributed by atoms with E-state index in [2.05, 4.69) is 0 Å². The van der Waals surface area contributed by atoms with Crippen molar-refractivity contribution < 1.29 is 23.1 Å². The van der Waals surface area contributed by atoms with Crippen LogP contribution in [-0.2, 0) is 14.8 Å². The number of likely N-dealkylation sites (tertiary alicyclic amines) is 1. The van der Waals surface area contributed by atoms with Crippen molar-refractivity contribution in [3.8, 4) is 0 Å². The van der Waals surface area contributed by atoms with Gasteiger partial charge in [-0.1, -0.05) is 0 Å². The van der Waals surface area contributed by atoms with Crippen LogP contribution < -0.4 is 0 Å². The molecule has 0 radical (unpaired) electrons. The third-order valence-corrected chi connectivity index (χ3v) is 6.94. The summed E-state index contributed by atoms with van der Waals surface area (Å²) in [6, 6.07) is 1.31. The average Bonchev–Trinajstić information content (AvgIpc) is 3.04. The molecule has 0 aromatic carbocycles. The number of sulfonamides is 1. The van der Waals surface area contributed by atoms with Gasteiger partial charge in [0.25, 0.3) is 0 Å². The average molecular weight is 374 g/mol. The lowest BCUT2D eigenvalue weighted by Crippen LogP contribution is -2.43. The van der Waals surface area contributed by atoms with Gasteiger partial charge in [0.2, 0.25) is 15.9 Å². The van der Waals surface area contributed by atoms with E-state index in [9.17, 15) is 18.0 Å². The number of amides is 1. The topological polar surface area (TPSA) is 95.0 Å². The summed E-state index contributed by atoms with van der Waals surface area (Å²) in [6.07, 6.45) is 0.298. The fourth-order valence-corrected chi connectivity index (χ4v) is 5.31. The lowest BCUT2D eigenvalue weighted by molar-refractivity contribution is -0.131. The maximum atomic E-state index is 12.6. The third-order valence-electron chi connectivity index (χ3n) is 4.04. The summed E-state index contributed by atoms with van der Waals surface area (Å²) < 4.78 is 26.4. The molecule has 134 valence electrons. The van der Waals surface area contributed by atoms with Gasteiger partial charge in [0, 0.05) is 32.1 Å². The van der Waals surface area contributed by atoms with Crippen molar-refractivity contribution in [2.24, 2.45) is 5.92 Å². The van der Waals surface area contributed by atoms with E-state index >= 15 is 0 Å². The van der Waals surface area contributed by atoms with Crippen LogP contribution in [0.3, 0.4) is 0 Å². The van der Waals surface area contributed by atoms with E-state index in [0.29, 0.717) is 13.0 Å². The van der Waals surface area contributed by atoms with E-state index in [-0.39, 0.29) is 33.7 Å². The molecule has 1 atom stereocenters. The number of carboxylic acids is 1. The van der Waals surface area contributed by atoms with E-state index in [4.69, 9.17) is 5.11 Å². The molecular formula is C15H22N2O5S2. The van der Waals surface area contributed by atoms with Gasteiger partial charge in [0.1, 0.15) is 9.77 Å². The van der Waals surface area contributed by atoms with Crippen molar-refractivity contribution in [3.63, 3.8) is 0 Å². The van der Waals surface area contributed by atoms with Crippen molar-refractivity contribution in [1.29, 1.82) is 0 Å². The number of nitrogens with zero attached hydrogens (tertiary/aromatic N) is 2. The maximum absolute atomic E-state index is 12.6. The van der Waals surface area contributed by atoms with Gasteiger partial charge < -0.3 is 10.0 Å². The summed E-state index contributed by atoms with van der Waals surface area (Å²) in [5.41, 5.74) is -0.298. The molecule has 0 aliphatic carbocycles. The normalized spacial score (nSPS) is 19.3. The van der Waals surface area contributed by atoms with Crippen LogP contribution in [-0.4, -0.2) is 60.3 Å². The zero-order valence-corrected chi connectivity index (χ0v) is 15.8. The number of carboxylic acid groups (broad SMARTS) is 1. The highest BCUT2D eigenvalue weighted by Gasteiger charge is 2.38. The van der Waals surface area contributed by atoms with Crippen LogP contribution in [0.2, 0.25) is 0 Å². The van der Waals surface area contributed by atoms with Gasteiger partial charge in [-0.2, -0.15) is 0 Å².